The lowest BCUT2D eigenvalue weighted by atomic mass is 10.1. The first-order valence-corrected chi connectivity index (χ1v) is 8.42. The molecule has 0 unspecified atom stereocenters. The number of ether oxygens (including phenoxy) is 1. The van der Waals surface area contributed by atoms with Crippen LogP contribution in [0.3, 0.4) is 0 Å². The second-order valence-corrected chi connectivity index (χ2v) is 6.84. The highest BCUT2D eigenvalue weighted by Gasteiger charge is 2.59. The molecule has 8 heteroatoms. The molecule has 26 heavy (non-hydrogen) atoms. The van der Waals surface area contributed by atoms with Gasteiger partial charge >= 0.3 is 11.6 Å². The van der Waals surface area contributed by atoms with Crippen LogP contribution in [0.2, 0.25) is 0 Å². The zero-order valence-corrected chi connectivity index (χ0v) is 14.2. The summed E-state index contributed by atoms with van der Waals surface area (Å²) in [7, 11) is 0. The zero-order chi connectivity index (χ0) is 18.5. The van der Waals surface area contributed by atoms with E-state index in [1.165, 1.54) is 12.3 Å². The van der Waals surface area contributed by atoms with Crippen molar-refractivity contribution in [1.29, 1.82) is 0 Å². The quantitative estimate of drug-likeness (QED) is 0.894. The maximum Gasteiger partial charge on any atom is 0.350 e. The predicted molar refractivity (Wildman–Crippen MR) is 88.7 cm³/mol. The first-order valence-electron chi connectivity index (χ1n) is 8.42. The summed E-state index contributed by atoms with van der Waals surface area (Å²) in [6.07, 6.45) is -3.74. The molecule has 3 heterocycles. The van der Waals surface area contributed by atoms with Gasteiger partial charge in [-0.25, -0.2) is 4.79 Å². The van der Waals surface area contributed by atoms with Crippen LogP contribution in [-0.4, -0.2) is 44.2 Å². The molecule has 1 fully saturated rings. The van der Waals surface area contributed by atoms with Gasteiger partial charge in [0.2, 0.25) is 6.23 Å². The van der Waals surface area contributed by atoms with E-state index >= 15 is 0 Å². The maximum atomic E-state index is 14.6. The number of nitrogens with zero attached hydrogens (tertiary/aromatic N) is 3. The van der Waals surface area contributed by atoms with Crippen molar-refractivity contribution in [2.45, 2.75) is 44.4 Å². The van der Waals surface area contributed by atoms with Gasteiger partial charge in [-0.05, 0) is 24.1 Å². The molecule has 2 aliphatic heterocycles. The fourth-order valence-corrected chi connectivity index (χ4v) is 3.58. The number of rotatable bonds is 3. The summed E-state index contributed by atoms with van der Waals surface area (Å²) in [5, 5.41) is 10.1. The molecule has 0 amide bonds. The number of hydrogen-bond donors (Lipinski definition) is 1. The van der Waals surface area contributed by atoms with Gasteiger partial charge in [-0.2, -0.15) is 13.8 Å². The molecule has 6 nitrogen and oxygen atoms in total. The lowest BCUT2D eigenvalue weighted by Gasteiger charge is -2.22. The fraction of sp³-hybridized carbons (Fsp3) is 0.444. The Morgan fingerprint density at radius 3 is 2.54 bits per heavy atom. The topological polar surface area (TPSA) is 67.6 Å². The SMILES string of the molecule is Cc1ccn([C@@H]2O[C@H](CN3Cc4ccccc4C3)[C@@H](O)C2(F)F)c(=O)n1. The second-order valence-electron chi connectivity index (χ2n) is 6.84. The Bertz CT molecular complexity index is 861. The molecule has 0 spiro atoms. The molecule has 138 valence electrons. The summed E-state index contributed by atoms with van der Waals surface area (Å²) < 4.78 is 35.3. The highest BCUT2D eigenvalue weighted by atomic mass is 19.3. The summed E-state index contributed by atoms with van der Waals surface area (Å²) in [4.78, 5) is 17.6. The van der Waals surface area contributed by atoms with Gasteiger partial charge in [0.25, 0.3) is 0 Å². The molecule has 4 rings (SSSR count). The third-order valence-electron chi connectivity index (χ3n) is 4.95. The van der Waals surface area contributed by atoms with Gasteiger partial charge in [0.1, 0.15) is 12.2 Å². The molecule has 2 aromatic rings. The summed E-state index contributed by atoms with van der Waals surface area (Å²) in [5.74, 6) is -3.59. The van der Waals surface area contributed by atoms with Gasteiger partial charge in [0, 0.05) is 31.5 Å². The third kappa shape index (κ3) is 2.84. The minimum atomic E-state index is -3.59. The van der Waals surface area contributed by atoms with Crippen molar-refractivity contribution in [3.05, 3.63) is 63.8 Å². The van der Waals surface area contributed by atoms with Crippen LogP contribution in [0.15, 0.2) is 41.3 Å². The van der Waals surface area contributed by atoms with E-state index in [-0.39, 0.29) is 6.54 Å². The average Bonchev–Trinajstić information content (AvgIpc) is 3.09. The van der Waals surface area contributed by atoms with Crippen LogP contribution in [0.5, 0.6) is 0 Å². The van der Waals surface area contributed by atoms with Crippen LogP contribution in [0.4, 0.5) is 8.78 Å². The Labute approximate surface area is 148 Å². The van der Waals surface area contributed by atoms with Crippen molar-refractivity contribution in [3.63, 3.8) is 0 Å². The minimum absolute atomic E-state index is 0.149. The van der Waals surface area contributed by atoms with Crippen LogP contribution in [0.1, 0.15) is 23.0 Å². The molecule has 3 atom stereocenters. The number of aryl methyl sites for hydroxylation is 1. The number of aromatic nitrogens is 2. The van der Waals surface area contributed by atoms with E-state index in [1.807, 2.05) is 29.2 Å². The van der Waals surface area contributed by atoms with Crippen LogP contribution < -0.4 is 5.69 Å². The van der Waals surface area contributed by atoms with Crippen molar-refractivity contribution in [2.24, 2.45) is 0 Å². The van der Waals surface area contributed by atoms with E-state index in [1.54, 1.807) is 6.92 Å². The predicted octanol–water partition coefficient (Wildman–Crippen LogP) is 1.46. The first kappa shape index (κ1) is 17.3. The summed E-state index contributed by atoms with van der Waals surface area (Å²) in [6, 6.07) is 9.32. The average molecular weight is 363 g/mol. The van der Waals surface area contributed by atoms with Crippen molar-refractivity contribution in [1.82, 2.24) is 14.5 Å². The monoisotopic (exact) mass is 363 g/mol. The van der Waals surface area contributed by atoms with Gasteiger partial charge < -0.3 is 9.84 Å². The molecule has 2 aliphatic rings. The van der Waals surface area contributed by atoms with Crippen molar-refractivity contribution in [2.75, 3.05) is 6.54 Å². The van der Waals surface area contributed by atoms with Gasteiger partial charge in [-0.1, -0.05) is 24.3 Å². The van der Waals surface area contributed by atoms with E-state index in [9.17, 15) is 18.7 Å². The second kappa shape index (κ2) is 6.22. The maximum absolute atomic E-state index is 14.6. The van der Waals surface area contributed by atoms with Crippen LogP contribution >= 0.6 is 0 Å². The Kier molecular flexibility index (Phi) is 4.13. The Hall–Kier alpha value is -2.16. The normalized spacial score (nSPS) is 27.6. The molecular formula is C18H19F2N3O3. The first-order chi connectivity index (χ1) is 12.4. The fourth-order valence-electron chi connectivity index (χ4n) is 3.58. The van der Waals surface area contributed by atoms with E-state index in [0.29, 0.717) is 18.8 Å². The molecule has 0 aliphatic carbocycles. The third-order valence-corrected chi connectivity index (χ3v) is 4.95. The number of hydrogen-bond acceptors (Lipinski definition) is 5. The van der Waals surface area contributed by atoms with E-state index < -0.39 is 30.0 Å². The van der Waals surface area contributed by atoms with Crippen molar-refractivity contribution < 1.29 is 18.6 Å². The number of aliphatic hydroxyl groups is 1. The smallest absolute Gasteiger partial charge is 0.350 e. The number of fused-ring (bicyclic) bond motifs is 1. The molecule has 1 N–H and O–H groups in total. The van der Waals surface area contributed by atoms with Gasteiger partial charge in [-0.15, -0.1) is 0 Å². The summed E-state index contributed by atoms with van der Waals surface area (Å²) >= 11 is 0. The molecule has 1 saturated heterocycles. The summed E-state index contributed by atoms with van der Waals surface area (Å²) in [6.45, 7) is 2.98. The van der Waals surface area contributed by atoms with E-state index in [4.69, 9.17) is 4.74 Å². The molecule has 1 aromatic heterocycles. The highest BCUT2D eigenvalue weighted by molar-refractivity contribution is 5.30. The van der Waals surface area contributed by atoms with Gasteiger partial charge in [0.05, 0.1) is 0 Å². The summed E-state index contributed by atoms with van der Waals surface area (Å²) in [5.41, 5.74) is 1.89. The van der Waals surface area contributed by atoms with E-state index in [0.717, 1.165) is 15.7 Å². The van der Waals surface area contributed by atoms with Crippen molar-refractivity contribution in [3.8, 4) is 0 Å². The number of halogens is 2. The van der Waals surface area contributed by atoms with Crippen LogP contribution in [0, 0.1) is 6.92 Å². The Morgan fingerprint density at radius 2 is 1.92 bits per heavy atom. The van der Waals surface area contributed by atoms with Gasteiger partial charge in [-0.3, -0.25) is 9.47 Å². The molecule has 1 aromatic carbocycles. The highest BCUT2D eigenvalue weighted by Crippen LogP contribution is 2.42. The minimum Gasteiger partial charge on any atom is -0.384 e. The molecular weight excluding hydrogens is 344 g/mol. The molecule has 0 saturated carbocycles. The molecule has 0 radical (unpaired) electrons. The lowest BCUT2D eigenvalue weighted by molar-refractivity contribution is -0.140. The number of aliphatic hydroxyl groups excluding tert-OH is 1. The number of alkyl halides is 2. The van der Waals surface area contributed by atoms with Gasteiger partial charge in [0.15, 0.2) is 0 Å². The van der Waals surface area contributed by atoms with Crippen LogP contribution in [0.25, 0.3) is 0 Å². The zero-order valence-electron chi connectivity index (χ0n) is 14.2. The lowest BCUT2D eigenvalue weighted by Crippen LogP contribution is -2.43. The van der Waals surface area contributed by atoms with Crippen LogP contribution in [-0.2, 0) is 17.8 Å². The Balaban J connectivity index is 1.53. The standard InChI is InChI=1S/C18H19F2N3O3/c1-11-6-7-23(17(25)21-11)16-18(19,20)15(24)14(26-16)10-22-8-12-4-2-3-5-13(12)9-22/h2-7,14-16,24H,8-10H2,1H3/t14-,15-,16-/m1/s1. The number of benzene rings is 1. The molecule has 0 bridgehead atoms. The Morgan fingerprint density at radius 1 is 1.27 bits per heavy atom. The van der Waals surface area contributed by atoms with Crippen molar-refractivity contribution >= 4 is 0 Å². The van der Waals surface area contributed by atoms with E-state index in [2.05, 4.69) is 4.98 Å². The largest absolute Gasteiger partial charge is 0.384 e.